The van der Waals surface area contributed by atoms with Crippen LogP contribution in [-0.4, -0.2) is 50.7 Å². The number of hydrogen-bond acceptors (Lipinski definition) is 5. The van der Waals surface area contributed by atoms with Crippen LogP contribution >= 0.6 is 0 Å². The summed E-state index contributed by atoms with van der Waals surface area (Å²) in [7, 11) is -3.62. The van der Waals surface area contributed by atoms with Crippen LogP contribution in [-0.2, 0) is 24.2 Å². The minimum atomic E-state index is -3.62. The second kappa shape index (κ2) is 7.64. The number of rotatable bonds is 6. The summed E-state index contributed by atoms with van der Waals surface area (Å²) >= 11 is 0. The summed E-state index contributed by atoms with van der Waals surface area (Å²) in [6.07, 6.45) is 2.52. The van der Waals surface area contributed by atoms with Crippen molar-refractivity contribution >= 4 is 38.9 Å². The molecule has 0 aliphatic carbocycles. The van der Waals surface area contributed by atoms with E-state index < -0.39 is 39.4 Å². The number of nitrogens with zero attached hydrogens (tertiary/aromatic N) is 1. The number of carbonyl (C=O) groups excluding carboxylic acids is 3. The van der Waals surface area contributed by atoms with Gasteiger partial charge in [-0.1, -0.05) is 25.5 Å². The van der Waals surface area contributed by atoms with Crippen LogP contribution in [0, 0.1) is 0 Å². The average Bonchev–Trinajstić information content (AvgIpc) is 2.51. The largest absolute Gasteiger partial charge is 0.354 e. The van der Waals surface area contributed by atoms with Crippen LogP contribution in [0.5, 0.6) is 0 Å². The maximum absolute atomic E-state index is 12.6. The van der Waals surface area contributed by atoms with E-state index in [0.717, 1.165) is 24.0 Å². The fraction of sp³-hybridized carbons (Fsp3) is 0.438. The molecule has 0 fully saturated rings. The van der Waals surface area contributed by atoms with Gasteiger partial charge in [0.05, 0.1) is 11.4 Å². The summed E-state index contributed by atoms with van der Waals surface area (Å²) in [4.78, 5) is 38.4. The fourth-order valence-corrected chi connectivity index (χ4v) is 3.13. The maximum Gasteiger partial charge on any atom is 0.257 e. The Hall–Kier alpha value is -2.42. The molecule has 8 nitrogen and oxygen atoms in total. The normalized spacial score (nSPS) is 16.8. The minimum Gasteiger partial charge on any atom is -0.354 e. The van der Waals surface area contributed by atoms with Gasteiger partial charge in [-0.15, -0.1) is 0 Å². The summed E-state index contributed by atoms with van der Waals surface area (Å²) in [6.45, 7) is 2.33. The van der Waals surface area contributed by atoms with E-state index in [2.05, 4.69) is 10.6 Å². The Balaban J connectivity index is 2.39. The molecule has 0 radical (unpaired) electrons. The third-order valence-corrected chi connectivity index (χ3v) is 4.43. The molecule has 1 aromatic carbocycles. The smallest absolute Gasteiger partial charge is 0.257 e. The standard InChI is InChI=1S/C16H21N3O5S/c1-3-4-9-17-15(21)14-16(22)18-11-7-5-6-8-12(11)19(14)13(20)10-25(2,23)24/h5-8,14H,3-4,9-10H2,1-2H3,(H,17,21)(H,18,22). The van der Waals surface area contributed by atoms with Gasteiger partial charge in [0.1, 0.15) is 5.75 Å². The quantitative estimate of drug-likeness (QED) is 0.555. The Labute approximate surface area is 146 Å². The molecule has 1 aliphatic rings. The highest BCUT2D eigenvalue weighted by atomic mass is 32.2. The first-order valence-corrected chi connectivity index (χ1v) is 9.98. The number of para-hydroxylation sites is 2. The van der Waals surface area contributed by atoms with Crippen molar-refractivity contribution in [1.82, 2.24) is 5.32 Å². The third kappa shape index (κ3) is 4.56. The van der Waals surface area contributed by atoms with Crippen molar-refractivity contribution in [3.63, 3.8) is 0 Å². The van der Waals surface area contributed by atoms with E-state index in [9.17, 15) is 22.8 Å². The number of carbonyl (C=O) groups is 3. The summed E-state index contributed by atoms with van der Waals surface area (Å²) in [5.41, 5.74) is 0.651. The molecular weight excluding hydrogens is 346 g/mol. The van der Waals surface area contributed by atoms with E-state index in [0.29, 0.717) is 17.9 Å². The highest BCUT2D eigenvalue weighted by Crippen LogP contribution is 2.32. The second-order valence-electron chi connectivity index (χ2n) is 5.89. The van der Waals surface area contributed by atoms with Gasteiger partial charge < -0.3 is 10.6 Å². The summed E-state index contributed by atoms with van der Waals surface area (Å²) in [5.74, 6) is -2.91. The lowest BCUT2D eigenvalue weighted by Crippen LogP contribution is -2.59. The van der Waals surface area contributed by atoms with Crippen LogP contribution in [0.25, 0.3) is 0 Å². The number of hydrogen-bond donors (Lipinski definition) is 2. The minimum absolute atomic E-state index is 0.298. The van der Waals surface area contributed by atoms with Crippen LogP contribution in [0.1, 0.15) is 19.8 Å². The predicted molar refractivity (Wildman–Crippen MR) is 94.0 cm³/mol. The Morgan fingerprint density at radius 3 is 2.60 bits per heavy atom. The van der Waals surface area contributed by atoms with Crippen molar-refractivity contribution in [3.8, 4) is 0 Å². The van der Waals surface area contributed by atoms with Crippen LogP contribution in [0.15, 0.2) is 24.3 Å². The molecule has 0 spiro atoms. The lowest BCUT2D eigenvalue weighted by molar-refractivity contribution is -0.132. The number of anilines is 2. The Morgan fingerprint density at radius 1 is 1.28 bits per heavy atom. The lowest BCUT2D eigenvalue weighted by Gasteiger charge is -2.35. The van der Waals surface area contributed by atoms with Crippen molar-refractivity contribution in [1.29, 1.82) is 0 Å². The fourth-order valence-electron chi connectivity index (χ4n) is 2.54. The average molecular weight is 367 g/mol. The van der Waals surface area contributed by atoms with Gasteiger partial charge in [0.25, 0.3) is 11.8 Å². The first-order chi connectivity index (χ1) is 11.7. The van der Waals surface area contributed by atoms with E-state index in [1.165, 1.54) is 0 Å². The molecule has 3 amide bonds. The zero-order valence-electron chi connectivity index (χ0n) is 14.1. The van der Waals surface area contributed by atoms with Crippen molar-refractivity contribution in [2.75, 3.05) is 28.8 Å². The molecule has 1 unspecified atom stereocenters. The molecule has 1 atom stereocenters. The first kappa shape index (κ1) is 18.9. The molecule has 1 aromatic rings. The zero-order valence-corrected chi connectivity index (χ0v) is 14.9. The number of sulfone groups is 1. The topological polar surface area (TPSA) is 113 Å². The number of amides is 3. The second-order valence-corrected chi connectivity index (χ2v) is 8.03. The van der Waals surface area contributed by atoms with Crippen LogP contribution in [0.4, 0.5) is 11.4 Å². The molecule has 1 heterocycles. The van der Waals surface area contributed by atoms with E-state index >= 15 is 0 Å². The monoisotopic (exact) mass is 367 g/mol. The molecule has 1 aliphatic heterocycles. The molecule has 0 bridgehead atoms. The van der Waals surface area contributed by atoms with Crippen LogP contribution in [0.2, 0.25) is 0 Å². The molecule has 9 heteroatoms. The first-order valence-electron chi connectivity index (χ1n) is 7.92. The van der Waals surface area contributed by atoms with Crippen LogP contribution < -0.4 is 15.5 Å². The van der Waals surface area contributed by atoms with Gasteiger partial charge in [0, 0.05) is 12.8 Å². The lowest BCUT2D eigenvalue weighted by atomic mass is 10.1. The summed E-state index contributed by atoms with van der Waals surface area (Å²) < 4.78 is 23.0. The Kier molecular flexibility index (Phi) is 5.78. The van der Waals surface area contributed by atoms with Gasteiger partial charge in [-0.2, -0.15) is 0 Å². The van der Waals surface area contributed by atoms with Gasteiger partial charge in [0.2, 0.25) is 5.91 Å². The Morgan fingerprint density at radius 2 is 1.96 bits per heavy atom. The molecular formula is C16H21N3O5S. The number of benzene rings is 1. The number of unbranched alkanes of at least 4 members (excludes halogenated alkanes) is 1. The molecule has 0 saturated carbocycles. The van der Waals surface area contributed by atoms with E-state index in [1.54, 1.807) is 24.3 Å². The molecule has 2 rings (SSSR count). The van der Waals surface area contributed by atoms with Crippen molar-refractivity contribution in [2.45, 2.75) is 25.8 Å². The van der Waals surface area contributed by atoms with Gasteiger partial charge in [-0.3, -0.25) is 19.3 Å². The van der Waals surface area contributed by atoms with Crippen LogP contribution in [0.3, 0.4) is 0 Å². The number of nitrogens with one attached hydrogen (secondary N) is 2. The van der Waals surface area contributed by atoms with E-state index in [4.69, 9.17) is 0 Å². The third-order valence-electron chi connectivity index (χ3n) is 3.66. The molecule has 0 aromatic heterocycles. The van der Waals surface area contributed by atoms with Gasteiger partial charge in [0.15, 0.2) is 15.9 Å². The molecule has 0 saturated heterocycles. The van der Waals surface area contributed by atoms with Crippen molar-refractivity contribution in [3.05, 3.63) is 24.3 Å². The summed E-state index contributed by atoms with van der Waals surface area (Å²) in [6, 6.07) is 5.00. The van der Waals surface area contributed by atoms with Gasteiger partial charge >= 0.3 is 0 Å². The number of fused-ring (bicyclic) bond motifs is 1. The molecule has 25 heavy (non-hydrogen) atoms. The maximum atomic E-state index is 12.6. The van der Waals surface area contributed by atoms with Crippen molar-refractivity contribution < 1.29 is 22.8 Å². The Bertz CT molecular complexity index is 791. The van der Waals surface area contributed by atoms with E-state index in [1.807, 2.05) is 6.92 Å². The highest BCUT2D eigenvalue weighted by Gasteiger charge is 2.42. The van der Waals surface area contributed by atoms with Gasteiger partial charge in [-0.05, 0) is 18.6 Å². The zero-order chi connectivity index (χ0) is 18.6. The molecule has 136 valence electrons. The van der Waals surface area contributed by atoms with E-state index in [-0.39, 0.29) is 0 Å². The highest BCUT2D eigenvalue weighted by molar-refractivity contribution is 7.91. The SMILES string of the molecule is CCCCNC(=O)C1C(=O)Nc2ccccc2N1C(=O)CS(C)(=O)=O. The van der Waals surface area contributed by atoms with Crippen molar-refractivity contribution in [2.24, 2.45) is 0 Å². The van der Waals surface area contributed by atoms with Gasteiger partial charge in [-0.25, -0.2) is 8.42 Å². The summed E-state index contributed by atoms with van der Waals surface area (Å²) in [5, 5.41) is 5.20. The predicted octanol–water partition coefficient (Wildman–Crippen LogP) is 0.301. The molecule has 2 N–H and O–H groups in total.